The Balaban J connectivity index is 0. The van der Waals surface area contributed by atoms with E-state index in [0.717, 1.165) is 0 Å². The Labute approximate surface area is 184 Å². The molecule has 0 aliphatic rings. The second-order valence-electron chi connectivity index (χ2n) is 0. The summed E-state index contributed by atoms with van der Waals surface area (Å²) >= 11 is 0. The molecule has 0 heterocycles. The van der Waals surface area contributed by atoms with Crippen LogP contribution in [0.15, 0.2) is 0 Å². The maximum atomic E-state index is 0. The molecule has 0 atom stereocenters. The molecule has 9 heteroatoms. The molecule has 0 amide bonds. The van der Waals surface area contributed by atoms with Crippen molar-refractivity contribution >= 4 is 0 Å². The van der Waals surface area contributed by atoms with Crippen LogP contribution in [0.3, 0.4) is 0 Å². The van der Waals surface area contributed by atoms with Crippen LogP contribution in [0.25, 0.3) is 0 Å². The van der Waals surface area contributed by atoms with Crippen LogP contribution >= 0.6 is 0 Å². The molecule has 0 aromatic carbocycles. The minimum absolute atomic E-state index is 0. The van der Waals surface area contributed by atoms with Crippen molar-refractivity contribution in [1.82, 2.24) is 0 Å². The Morgan fingerprint density at radius 1 is 0.222 bits per heavy atom. The minimum atomic E-state index is 0. The van der Waals surface area contributed by atoms with E-state index in [0.29, 0.717) is 0 Å². The standard InChI is InChI=1S/7Co.2La. The van der Waals surface area contributed by atoms with Gasteiger partial charge in [0, 0.05) is 189 Å². The van der Waals surface area contributed by atoms with E-state index in [9.17, 15) is 0 Å². The van der Waals surface area contributed by atoms with Crippen LogP contribution in [0.5, 0.6) is 0 Å². The fourth-order valence-electron chi connectivity index (χ4n) is 0. The molecule has 0 aromatic heterocycles. The van der Waals surface area contributed by atoms with Gasteiger partial charge in [-0.25, -0.2) is 0 Å². The van der Waals surface area contributed by atoms with Gasteiger partial charge in [-0.2, -0.15) is 0 Å². The van der Waals surface area contributed by atoms with Gasteiger partial charge in [0.05, 0.1) is 0 Å². The van der Waals surface area contributed by atoms with E-state index in [-0.39, 0.29) is 189 Å². The first-order chi connectivity index (χ1) is 0. The second-order valence-corrected chi connectivity index (χ2v) is 0. The quantitative estimate of drug-likeness (QED) is 0.336. The molecule has 0 spiro atoms. The van der Waals surface area contributed by atoms with Gasteiger partial charge in [0.1, 0.15) is 0 Å². The normalized spacial score (nSPS) is 0. The first-order valence-corrected chi connectivity index (χ1v) is 0. The Kier molecular flexibility index (Phi) is 606. The fraction of sp³-hybridized carbons (Fsp3) is 0. The summed E-state index contributed by atoms with van der Waals surface area (Å²) in [5.74, 6) is 0. The van der Waals surface area contributed by atoms with Gasteiger partial charge < -0.3 is 0 Å². The van der Waals surface area contributed by atoms with Crippen molar-refractivity contribution in [1.29, 1.82) is 0 Å². The summed E-state index contributed by atoms with van der Waals surface area (Å²) in [5.41, 5.74) is 0. The predicted octanol–water partition coefficient (Wildman–Crippen LogP) is -0.0175. The van der Waals surface area contributed by atoms with E-state index in [4.69, 9.17) is 0 Å². The molecule has 0 aromatic rings. The molecule has 9 radical (unpaired) electrons. The minimum Gasteiger partial charge on any atom is 0 e. The van der Waals surface area contributed by atoms with Crippen molar-refractivity contribution in [3.05, 3.63) is 0 Å². The van der Waals surface area contributed by atoms with Gasteiger partial charge in [-0.05, 0) is 0 Å². The largest absolute Gasteiger partial charge is 0 e. The van der Waals surface area contributed by atoms with Gasteiger partial charge in [-0.15, -0.1) is 0 Å². The summed E-state index contributed by atoms with van der Waals surface area (Å²) in [5, 5.41) is 0. The predicted molar refractivity (Wildman–Crippen MR) is 0 cm³/mol. The molecule has 0 bridgehead atoms. The maximum absolute atomic E-state index is 0. The molecule has 0 N–H and O–H groups in total. The van der Waals surface area contributed by atoms with Crippen molar-refractivity contribution in [2.24, 2.45) is 0 Å². The molecule has 0 fully saturated rings. The summed E-state index contributed by atoms with van der Waals surface area (Å²) in [6, 6.07) is 0. The van der Waals surface area contributed by atoms with Gasteiger partial charge in [-0.3, -0.25) is 0 Å². The van der Waals surface area contributed by atoms with E-state index in [1.807, 2.05) is 0 Å². The maximum Gasteiger partial charge on any atom is 0 e. The van der Waals surface area contributed by atoms with Gasteiger partial charge in [0.2, 0.25) is 0 Å². The monoisotopic (exact) mass is 690 g/mol. The van der Waals surface area contributed by atoms with Crippen LogP contribution < -0.4 is 0 Å². The number of hydrogen-bond donors (Lipinski definition) is 0. The summed E-state index contributed by atoms with van der Waals surface area (Å²) in [6.45, 7) is 0. The molecule has 0 aliphatic heterocycles. The van der Waals surface area contributed by atoms with Crippen LogP contribution in [-0.4, -0.2) is 0 Å². The van der Waals surface area contributed by atoms with E-state index < -0.39 is 0 Å². The zero-order valence-corrected chi connectivity index (χ0v) is 18.0. The first-order valence-electron chi connectivity index (χ1n) is 0. The fourth-order valence-corrected chi connectivity index (χ4v) is 0. The van der Waals surface area contributed by atoms with Gasteiger partial charge in [-0.1, -0.05) is 0 Å². The second kappa shape index (κ2) is 66.2. The van der Waals surface area contributed by atoms with E-state index in [1.165, 1.54) is 0 Å². The Morgan fingerprint density at radius 3 is 0.222 bits per heavy atom. The summed E-state index contributed by atoms with van der Waals surface area (Å²) in [6.07, 6.45) is 0. The van der Waals surface area contributed by atoms with Crippen LogP contribution in [0.2, 0.25) is 0 Å². The molecule has 0 rings (SSSR count). The van der Waals surface area contributed by atoms with Crippen molar-refractivity contribution in [2.45, 2.75) is 0 Å². The molecule has 0 saturated heterocycles. The first kappa shape index (κ1) is 82.3. The summed E-state index contributed by atoms with van der Waals surface area (Å²) in [7, 11) is 0. The van der Waals surface area contributed by atoms with Crippen LogP contribution in [-0.2, 0) is 117 Å². The summed E-state index contributed by atoms with van der Waals surface area (Å²) < 4.78 is 0. The summed E-state index contributed by atoms with van der Waals surface area (Å²) in [4.78, 5) is 0. The Morgan fingerprint density at radius 2 is 0.222 bits per heavy atom. The molecule has 9 heavy (non-hydrogen) atoms. The van der Waals surface area contributed by atoms with Crippen molar-refractivity contribution in [2.75, 3.05) is 0 Å². The van der Waals surface area contributed by atoms with E-state index in [2.05, 4.69) is 0 Å². The zero-order chi connectivity index (χ0) is 0. The number of rotatable bonds is 0. The molecule has 0 nitrogen and oxygen atoms in total. The van der Waals surface area contributed by atoms with E-state index >= 15 is 0 Å². The van der Waals surface area contributed by atoms with Crippen molar-refractivity contribution < 1.29 is 189 Å². The Bertz CT molecular complexity index is 6.88. The van der Waals surface area contributed by atoms with Crippen molar-refractivity contribution in [3.8, 4) is 0 Å². The average molecular weight is 690 g/mol. The topological polar surface area (TPSA) is 0 Å². The third kappa shape index (κ3) is 56.4. The zero-order valence-electron chi connectivity index (χ0n) is 3.49. The molecule has 0 unspecified atom stereocenters. The smallest absolute Gasteiger partial charge is 0 e. The third-order valence-corrected chi connectivity index (χ3v) is 0. The SMILES string of the molecule is [Co].[Co].[Co].[Co].[Co].[Co].[Co].[La].[La]. The van der Waals surface area contributed by atoms with E-state index in [1.54, 1.807) is 0 Å². The van der Waals surface area contributed by atoms with Gasteiger partial charge in [0.25, 0.3) is 0 Å². The molecule has 0 aliphatic carbocycles. The molecule has 0 saturated carbocycles. The Hall–Kier alpha value is 5.94. The van der Waals surface area contributed by atoms with Crippen molar-refractivity contribution in [3.63, 3.8) is 0 Å². The van der Waals surface area contributed by atoms with Crippen LogP contribution in [0.4, 0.5) is 0 Å². The van der Waals surface area contributed by atoms with Gasteiger partial charge in [0.15, 0.2) is 0 Å². The van der Waals surface area contributed by atoms with Crippen LogP contribution in [0.1, 0.15) is 0 Å². The average Bonchev–Trinajstić information content (AvgIpc) is 0. The molecular formula is Co7La2. The number of hydrogen-bond acceptors (Lipinski definition) is 0. The van der Waals surface area contributed by atoms with Crippen LogP contribution in [0, 0.1) is 71.2 Å². The third-order valence-electron chi connectivity index (χ3n) is 0. The molecular weight excluding hydrogens is 690 g/mol. The van der Waals surface area contributed by atoms with Gasteiger partial charge >= 0.3 is 0 Å². The molecule has 69 valence electrons.